The first-order chi connectivity index (χ1) is 10.5. The van der Waals surface area contributed by atoms with Gasteiger partial charge in [-0.15, -0.1) is 0 Å². The van der Waals surface area contributed by atoms with Crippen LogP contribution in [-0.2, 0) is 0 Å². The molecule has 112 valence electrons. The summed E-state index contributed by atoms with van der Waals surface area (Å²) in [6, 6.07) is 8.89. The fraction of sp³-hybridized carbons (Fsp3) is 0.0625. The number of halogens is 3. The molecular formula is C16H11F3N2O. The van der Waals surface area contributed by atoms with Gasteiger partial charge in [0.1, 0.15) is 17.7 Å². The summed E-state index contributed by atoms with van der Waals surface area (Å²) in [5.74, 6) is -2.19. The van der Waals surface area contributed by atoms with Gasteiger partial charge < -0.3 is 10.1 Å². The second-order valence-electron chi connectivity index (χ2n) is 4.77. The van der Waals surface area contributed by atoms with Crippen LogP contribution in [0.2, 0.25) is 0 Å². The van der Waals surface area contributed by atoms with E-state index in [1.54, 1.807) is 12.1 Å². The summed E-state index contributed by atoms with van der Waals surface area (Å²) >= 11 is 0. The van der Waals surface area contributed by atoms with Gasteiger partial charge in [-0.3, -0.25) is 0 Å². The zero-order chi connectivity index (χ0) is 15.7. The van der Waals surface area contributed by atoms with E-state index < -0.39 is 17.7 Å². The van der Waals surface area contributed by atoms with Gasteiger partial charge in [-0.05, 0) is 47.5 Å². The lowest BCUT2D eigenvalue weighted by atomic mass is 10.1. The van der Waals surface area contributed by atoms with Crippen LogP contribution in [0.25, 0.3) is 11.3 Å². The summed E-state index contributed by atoms with van der Waals surface area (Å²) in [7, 11) is 0. The molecule has 0 fully saturated rings. The molecule has 0 bridgehead atoms. The van der Waals surface area contributed by atoms with Crippen LogP contribution in [0.4, 0.5) is 13.2 Å². The number of benzene rings is 2. The molecule has 3 aromatic rings. The van der Waals surface area contributed by atoms with Gasteiger partial charge in [0.25, 0.3) is 0 Å². The lowest BCUT2D eigenvalue weighted by molar-refractivity contribution is 0.210. The number of nitrogens with one attached hydrogen (secondary N) is 1. The van der Waals surface area contributed by atoms with Gasteiger partial charge in [-0.2, -0.15) is 0 Å². The monoisotopic (exact) mass is 304 g/mol. The normalized spacial score (nSPS) is 12.4. The Labute approximate surface area is 124 Å². The van der Waals surface area contributed by atoms with E-state index in [2.05, 4.69) is 9.97 Å². The Bertz CT molecular complexity index is 799. The third kappa shape index (κ3) is 2.73. The van der Waals surface area contributed by atoms with Crippen LogP contribution < -0.4 is 0 Å². The first-order valence-corrected chi connectivity index (χ1v) is 6.48. The van der Waals surface area contributed by atoms with Crippen LogP contribution in [0.3, 0.4) is 0 Å². The number of aromatic nitrogens is 2. The molecule has 0 aliphatic heterocycles. The molecule has 0 saturated heterocycles. The number of imidazole rings is 1. The largest absolute Gasteiger partial charge is 0.380 e. The molecule has 0 aliphatic rings. The fourth-order valence-electron chi connectivity index (χ4n) is 2.09. The van der Waals surface area contributed by atoms with E-state index in [-0.39, 0.29) is 17.2 Å². The zero-order valence-corrected chi connectivity index (χ0v) is 11.2. The average Bonchev–Trinajstić information content (AvgIpc) is 3.00. The lowest BCUT2D eigenvalue weighted by Crippen LogP contribution is -2.03. The summed E-state index contributed by atoms with van der Waals surface area (Å²) in [6.07, 6.45) is 0.260. The van der Waals surface area contributed by atoms with E-state index in [0.717, 1.165) is 12.1 Å². The summed E-state index contributed by atoms with van der Waals surface area (Å²) in [6.45, 7) is 0. The minimum absolute atomic E-state index is 0.180. The number of nitrogens with zero attached hydrogens (tertiary/aromatic N) is 1. The minimum atomic E-state index is -1.22. The SMILES string of the molecule is OC(c1ccc(F)c(F)c1)c1ncc(-c2ccc(F)cc2)[nH]1. The van der Waals surface area contributed by atoms with Gasteiger partial charge in [0.05, 0.1) is 11.9 Å². The van der Waals surface area contributed by atoms with Crippen molar-refractivity contribution >= 4 is 0 Å². The first kappa shape index (κ1) is 14.3. The first-order valence-electron chi connectivity index (χ1n) is 6.48. The molecule has 0 radical (unpaired) electrons. The second-order valence-corrected chi connectivity index (χ2v) is 4.77. The number of aliphatic hydroxyl groups is 1. The van der Waals surface area contributed by atoms with Gasteiger partial charge in [0.15, 0.2) is 11.6 Å². The predicted molar refractivity (Wildman–Crippen MR) is 74.4 cm³/mol. The maximum absolute atomic E-state index is 13.2. The Morgan fingerprint density at radius 3 is 2.36 bits per heavy atom. The highest BCUT2D eigenvalue weighted by Crippen LogP contribution is 2.24. The minimum Gasteiger partial charge on any atom is -0.380 e. The smallest absolute Gasteiger partial charge is 0.159 e. The Morgan fingerprint density at radius 1 is 0.955 bits per heavy atom. The van der Waals surface area contributed by atoms with Crippen LogP contribution in [-0.4, -0.2) is 15.1 Å². The molecule has 6 heteroatoms. The van der Waals surface area contributed by atoms with Crippen molar-refractivity contribution in [1.82, 2.24) is 9.97 Å². The molecule has 0 amide bonds. The van der Waals surface area contributed by atoms with Crippen molar-refractivity contribution in [2.24, 2.45) is 0 Å². The molecule has 22 heavy (non-hydrogen) atoms. The molecule has 0 saturated carbocycles. The molecular weight excluding hydrogens is 293 g/mol. The topological polar surface area (TPSA) is 48.9 Å². The van der Waals surface area contributed by atoms with E-state index in [4.69, 9.17) is 0 Å². The van der Waals surface area contributed by atoms with Gasteiger partial charge in [-0.25, -0.2) is 18.2 Å². The van der Waals surface area contributed by atoms with Gasteiger partial charge in [0.2, 0.25) is 0 Å². The summed E-state index contributed by atoms with van der Waals surface area (Å²) in [5.41, 5.74) is 1.45. The highest BCUT2D eigenvalue weighted by molar-refractivity contribution is 5.58. The summed E-state index contributed by atoms with van der Waals surface area (Å²) in [4.78, 5) is 6.91. The molecule has 1 aromatic heterocycles. The van der Waals surface area contributed by atoms with E-state index in [1.165, 1.54) is 24.4 Å². The molecule has 3 rings (SSSR count). The second kappa shape index (κ2) is 5.65. The van der Waals surface area contributed by atoms with E-state index in [9.17, 15) is 18.3 Å². The standard InChI is InChI=1S/C16H11F3N2O/c17-11-4-1-9(2-5-11)14-8-20-16(21-14)15(22)10-3-6-12(18)13(19)7-10/h1-8,15,22H,(H,20,21). The Hall–Kier alpha value is -2.60. The van der Waals surface area contributed by atoms with Crippen molar-refractivity contribution in [1.29, 1.82) is 0 Å². The van der Waals surface area contributed by atoms with E-state index >= 15 is 0 Å². The number of aromatic amines is 1. The van der Waals surface area contributed by atoms with Crippen molar-refractivity contribution < 1.29 is 18.3 Å². The lowest BCUT2D eigenvalue weighted by Gasteiger charge is -2.08. The molecule has 0 spiro atoms. The van der Waals surface area contributed by atoms with Gasteiger partial charge in [0, 0.05) is 0 Å². The molecule has 3 nitrogen and oxygen atoms in total. The van der Waals surface area contributed by atoms with Crippen molar-refractivity contribution in [3.63, 3.8) is 0 Å². The zero-order valence-electron chi connectivity index (χ0n) is 11.2. The number of aliphatic hydroxyl groups excluding tert-OH is 1. The van der Waals surface area contributed by atoms with Crippen LogP contribution in [0.15, 0.2) is 48.7 Å². The molecule has 2 N–H and O–H groups in total. The van der Waals surface area contributed by atoms with Gasteiger partial charge in [-0.1, -0.05) is 6.07 Å². The highest BCUT2D eigenvalue weighted by atomic mass is 19.2. The van der Waals surface area contributed by atoms with Crippen LogP contribution in [0, 0.1) is 17.5 Å². The quantitative estimate of drug-likeness (QED) is 0.777. The third-order valence-corrected chi connectivity index (χ3v) is 3.27. The number of H-pyrrole nitrogens is 1. The van der Waals surface area contributed by atoms with Crippen LogP contribution in [0.1, 0.15) is 17.5 Å². The predicted octanol–water partition coefficient (Wildman–Crippen LogP) is 3.58. The Balaban J connectivity index is 1.89. The van der Waals surface area contributed by atoms with Gasteiger partial charge >= 0.3 is 0 Å². The Morgan fingerprint density at radius 2 is 1.68 bits per heavy atom. The van der Waals surface area contributed by atoms with Crippen molar-refractivity contribution in [2.75, 3.05) is 0 Å². The molecule has 1 atom stereocenters. The van der Waals surface area contributed by atoms with Crippen molar-refractivity contribution in [3.8, 4) is 11.3 Å². The van der Waals surface area contributed by atoms with Crippen molar-refractivity contribution in [3.05, 3.63) is 77.5 Å². The van der Waals surface area contributed by atoms with Crippen LogP contribution >= 0.6 is 0 Å². The molecule has 1 unspecified atom stereocenters. The summed E-state index contributed by atoms with van der Waals surface area (Å²) < 4.78 is 39.0. The maximum Gasteiger partial charge on any atom is 0.159 e. The third-order valence-electron chi connectivity index (χ3n) is 3.27. The van der Waals surface area contributed by atoms with E-state index in [1.807, 2.05) is 0 Å². The highest BCUT2D eigenvalue weighted by Gasteiger charge is 2.16. The Kier molecular flexibility index (Phi) is 3.68. The van der Waals surface area contributed by atoms with Crippen LogP contribution in [0.5, 0.6) is 0 Å². The number of hydrogen-bond acceptors (Lipinski definition) is 2. The van der Waals surface area contributed by atoms with E-state index in [0.29, 0.717) is 11.3 Å². The molecule has 1 heterocycles. The maximum atomic E-state index is 13.2. The van der Waals surface area contributed by atoms with Crippen molar-refractivity contribution in [2.45, 2.75) is 6.10 Å². The number of hydrogen-bond donors (Lipinski definition) is 2. The number of rotatable bonds is 3. The average molecular weight is 304 g/mol. The fourth-order valence-corrected chi connectivity index (χ4v) is 2.09. The molecule has 2 aromatic carbocycles. The molecule has 0 aliphatic carbocycles. The summed E-state index contributed by atoms with van der Waals surface area (Å²) in [5, 5.41) is 10.2.